The summed E-state index contributed by atoms with van der Waals surface area (Å²) >= 11 is 7.74. The van der Waals surface area contributed by atoms with Gasteiger partial charge in [0, 0.05) is 22.5 Å². The van der Waals surface area contributed by atoms with Crippen LogP contribution in [0.25, 0.3) is 0 Å². The molecule has 4 heteroatoms. The summed E-state index contributed by atoms with van der Waals surface area (Å²) in [5.41, 5.74) is 4.26. The summed E-state index contributed by atoms with van der Waals surface area (Å²) in [5, 5.41) is 4.36. The van der Waals surface area contributed by atoms with Gasteiger partial charge in [-0.05, 0) is 31.0 Å². The van der Waals surface area contributed by atoms with E-state index in [2.05, 4.69) is 23.3 Å². The molecule has 0 saturated carbocycles. The number of aromatic nitrogens is 1. The van der Waals surface area contributed by atoms with Crippen molar-refractivity contribution in [1.82, 2.24) is 10.3 Å². The van der Waals surface area contributed by atoms with Crippen LogP contribution >= 0.6 is 22.9 Å². The summed E-state index contributed by atoms with van der Waals surface area (Å²) in [6.45, 7) is 5.09. The number of halogens is 1. The van der Waals surface area contributed by atoms with E-state index in [1.807, 2.05) is 30.6 Å². The number of thiazole rings is 1. The molecule has 1 N–H and O–H groups in total. The first-order valence-electron chi connectivity index (χ1n) is 6.08. The van der Waals surface area contributed by atoms with Crippen molar-refractivity contribution >= 4 is 22.9 Å². The fourth-order valence-corrected chi connectivity index (χ4v) is 2.86. The lowest BCUT2D eigenvalue weighted by Crippen LogP contribution is -2.20. The van der Waals surface area contributed by atoms with Crippen molar-refractivity contribution in [2.45, 2.75) is 32.9 Å². The molecule has 1 aromatic heterocycles. The molecule has 0 aliphatic carbocycles. The number of rotatable bonds is 5. The van der Waals surface area contributed by atoms with E-state index in [0.717, 1.165) is 23.7 Å². The molecule has 18 heavy (non-hydrogen) atoms. The molecule has 0 fully saturated rings. The number of nitrogens with zero attached hydrogens (tertiary/aromatic N) is 1. The van der Waals surface area contributed by atoms with Crippen molar-refractivity contribution in [3.63, 3.8) is 0 Å². The first-order valence-corrected chi connectivity index (χ1v) is 7.34. The first-order chi connectivity index (χ1) is 8.70. The van der Waals surface area contributed by atoms with Crippen LogP contribution in [0.15, 0.2) is 29.8 Å². The maximum absolute atomic E-state index is 6.04. The van der Waals surface area contributed by atoms with Crippen LogP contribution in [0.5, 0.6) is 0 Å². The molecule has 0 radical (unpaired) electrons. The molecular weight excluding hydrogens is 264 g/mol. The Morgan fingerprint density at radius 1 is 1.44 bits per heavy atom. The van der Waals surface area contributed by atoms with Gasteiger partial charge in [-0.3, -0.25) is 0 Å². The Balaban J connectivity index is 2.04. The molecule has 2 rings (SSSR count). The van der Waals surface area contributed by atoms with Gasteiger partial charge in [-0.15, -0.1) is 11.3 Å². The van der Waals surface area contributed by atoms with E-state index in [1.165, 1.54) is 10.4 Å². The summed E-state index contributed by atoms with van der Waals surface area (Å²) in [6.07, 6.45) is 1.04. The minimum absolute atomic E-state index is 0.338. The topological polar surface area (TPSA) is 24.9 Å². The van der Waals surface area contributed by atoms with Crippen molar-refractivity contribution in [2.24, 2.45) is 0 Å². The molecule has 2 aromatic rings. The van der Waals surface area contributed by atoms with Gasteiger partial charge in [-0.25, -0.2) is 4.98 Å². The van der Waals surface area contributed by atoms with E-state index < -0.39 is 0 Å². The van der Waals surface area contributed by atoms with Gasteiger partial charge >= 0.3 is 0 Å². The van der Waals surface area contributed by atoms with Crippen molar-refractivity contribution < 1.29 is 0 Å². The number of hydrogen-bond acceptors (Lipinski definition) is 3. The summed E-state index contributed by atoms with van der Waals surface area (Å²) in [7, 11) is 0. The minimum atomic E-state index is 0.338. The van der Waals surface area contributed by atoms with Gasteiger partial charge in [-0.1, -0.05) is 30.7 Å². The molecule has 0 amide bonds. The summed E-state index contributed by atoms with van der Waals surface area (Å²) in [5.74, 6) is 0. The highest BCUT2D eigenvalue weighted by Crippen LogP contribution is 2.21. The van der Waals surface area contributed by atoms with E-state index in [0.29, 0.717) is 6.04 Å². The quantitative estimate of drug-likeness (QED) is 0.881. The van der Waals surface area contributed by atoms with E-state index >= 15 is 0 Å². The summed E-state index contributed by atoms with van der Waals surface area (Å²) in [4.78, 5) is 5.57. The van der Waals surface area contributed by atoms with Gasteiger partial charge in [0.25, 0.3) is 0 Å². The van der Waals surface area contributed by atoms with Gasteiger partial charge < -0.3 is 5.32 Å². The van der Waals surface area contributed by atoms with Crippen molar-refractivity contribution in [1.29, 1.82) is 0 Å². The average molecular weight is 281 g/mol. The van der Waals surface area contributed by atoms with Crippen LogP contribution in [0.1, 0.15) is 35.5 Å². The maximum Gasteiger partial charge on any atom is 0.0798 e. The number of aryl methyl sites for hydroxylation is 1. The normalized spacial score (nSPS) is 12.6. The third-order valence-corrected chi connectivity index (χ3v) is 4.18. The monoisotopic (exact) mass is 280 g/mol. The Labute approximate surface area is 117 Å². The smallest absolute Gasteiger partial charge is 0.0798 e. The van der Waals surface area contributed by atoms with Gasteiger partial charge in [0.05, 0.1) is 11.2 Å². The Bertz CT molecular complexity index is 510. The highest BCUT2D eigenvalue weighted by Gasteiger charge is 2.10. The Morgan fingerprint density at radius 3 is 2.89 bits per heavy atom. The zero-order chi connectivity index (χ0) is 13.0. The molecule has 1 aromatic carbocycles. The standard InChI is InChI=1S/C14H17ClN2S/c1-3-13(11-5-4-6-12(15)7-11)16-8-14-10(2)17-9-18-14/h4-7,9,13,16H,3,8H2,1-2H3. The van der Waals surface area contributed by atoms with Gasteiger partial charge in [0.1, 0.15) is 0 Å². The Kier molecular flexibility index (Phi) is 4.75. The molecule has 1 atom stereocenters. The van der Waals surface area contributed by atoms with Crippen LogP contribution in [0.2, 0.25) is 5.02 Å². The Morgan fingerprint density at radius 2 is 2.28 bits per heavy atom. The zero-order valence-electron chi connectivity index (χ0n) is 10.6. The average Bonchev–Trinajstić information content (AvgIpc) is 2.76. The van der Waals surface area contributed by atoms with E-state index in [9.17, 15) is 0 Å². The minimum Gasteiger partial charge on any atom is -0.305 e. The second-order valence-electron chi connectivity index (χ2n) is 4.26. The zero-order valence-corrected chi connectivity index (χ0v) is 12.2. The number of nitrogens with one attached hydrogen (secondary N) is 1. The maximum atomic E-state index is 6.04. The molecule has 2 nitrogen and oxygen atoms in total. The highest BCUT2D eigenvalue weighted by atomic mass is 35.5. The Hall–Kier alpha value is -0.900. The second kappa shape index (κ2) is 6.32. The molecule has 0 aliphatic rings. The molecule has 1 heterocycles. The lowest BCUT2D eigenvalue weighted by atomic mass is 10.0. The van der Waals surface area contributed by atoms with Crippen molar-refractivity contribution in [3.05, 3.63) is 50.9 Å². The molecule has 96 valence electrons. The van der Waals surface area contributed by atoms with Crippen LogP contribution in [-0.2, 0) is 6.54 Å². The SMILES string of the molecule is CCC(NCc1scnc1C)c1cccc(Cl)c1. The molecule has 0 spiro atoms. The molecule has 0 bridgehead atoms. The lowest BCUT2D eigenvalue weighted by Gasteiger charge is -2.17. The van der Waals surface area contributed by atoms with Crippen molar-refractivity contribution in [3.8, 4) is 0 Å². The van der Waals surface area contributed by atoms with Crippen LogP contribution in [0, 0.1) is 6.92 Å². The van der Waals surface area contributed by atoms with Crippen LogP contribution < -0.4 is 5.32 Å². The first kappa shape index (κ1) is 13.5. The predicted molar refractivity (Wildman–Crippen MR) is 78.2 cm³/mol. The largest absolute Gasteiger partial charge is 0.305 e. The van der Waals surface area contributed by atoms with Crippen molar-refractivity contribution in [2.75, 3.05) is 0 Å². The number of benzene rings is 1. The lowest BCUT2D eigenvalue weighted by molar-refractivity contribution is 0.521. The van der Waals surface area contributed by atoms with E-state index in [4.69, 9.17) is 11.6 Å². The summed E-state index contributed by atoms with van der Waals surface area (Å²) in [6, 6.07) is 8.39. The van der Waals surface area contributed by atoms with Crippen LogP contribution in [0.4, 0.5) is 0 Å². The molecular formula is C14H17ClN2S. The third kappa shape index (κ3) is 3.31. The van der Waals surface area contributed by atoms with Gasteiger partial charge in [0.2, 0.25) is 0 Å². The predicted octanol–water partition coefficient (Wildman–Crippen LogP) is 4.35. The molecule has 0 saturated heterocycles. The second-order valence-corrected chi connectivity index (χ2v) is 5.63. The number of hydrogen-bond donors (Lipinski definition) is 1. The fraction of sp³-hybridized carbons (Fsp3) is 0.357. The molecule has 1 unspecified atom stereocenters. The van der Waals surface area contributed by atoms with Gasteiger partial charge in [-0.2, -0.15) is 0 Å². The third-order valence-electron chi connectivity index (χ3n) is 3.01. The molecule has 0 aliphatic heterocycles. The van der Waals surface area contributed by atoms with Crippen LogP contribution in [0.3, 0.4) is 0 Å². The van der Waals surface area contributed by atoms with E-state index in [-0.39, 0.29) is 0 Å². The highest BCUT2D eigenvalue weighted by molar-refractivity contribution is 7.09. The fourth-order valence-electron chi connectivity index (χ4n) is 1.93. The van der Waals surface area contributed by atoms with E-state index in [1.54, 1.807) is 11.3 Å². The summed E-state index contributed by atoms with van der Waals surface area (Å²) < 4.78 is 0. The van der Waals surface area contributed by atoms with Gasteiger partial charge in [0.15, 0.2) is 0 Å². The van der Waals surface area contributed by atoms with Crippen LogP contribution in [-0.4, -0.2) is 4.98 Å².